The van der Waals surface area contributed by atoms with Crippen molar-refractivity contribution in [3.05, 3.63) is 48.3 Å². The van der Waals surface area contributed by atoms with Gasteiger partial charge in [-0.15, -0.1) is 0 Å². The van der Waals surface area contributed by atoms with E-state index in [2.05, 4.69) is 28.3 Å². The van der Waals surface area contributed by atoms with Gasteiger partial charge < -0.3 is 5.11 Å². The van der Waals surface area contributed by atoms with Crippen LogP contribution in [0.15, 0.2) is 42.7 Å². The van der Waals surface area contributed by atoms with Crippen molar-refractivity contribution in [2.75, 3.05) is 6.54 Å². The van der Waals surface area contributed by atoms with Gasteiger partial charge in [-0.05, 0) is 38.4 Å². The highest BCUT2D eigenvalue weighted by Gasteiger charge is 2.26. The molecule has 2 atom stereocenters. The Morgan fingerprint density at radius 3 is 2.86 bits per heavy atom. The smallest absolute Gasteiger partial charge is 0.0667 e. The van der Waals surface area contributed by atoms with E-state index in [1.807, 2.05) is 36.0 Å². The first-order valence-electron chi connectivity index (χ1n) is 7.75. The molecule has 4 nitrogen and oxygen atoms in total. The lowest BCUT2D eigenvalue weighted by Crippen LogP contribution is -2.45. The van der Waals surface area contributed by atoms with Crippen molar-refractivity contribution in [2.24, 2.45) is 0 Å². The van der Waals surface area contributed by atoms with Crippen LogP contribution >= 0.6 is 0 Å². The number of aromatic nitrogens is 2. The van der Waals surface area contributed by atoms with Crippen LogP contribution in [0.5, 0.6) is 0 Å². The van der Waals surface area contributed by atoms with E-state index < -0.39 is 0 Å². The minimum atomic E-state index is -0.269. The summed E-state index contributed by atoms with van der Waals surface area (Å²) in [5, 5.41) is 14.4. The van der Waals surface area contributed by atoms with Gasteiger partial charge in [0.05, 0.1) is 18.0 Å². The number of hydrogen-bond donors (Lipinski definition) is 1. The second kappa shape index (κ2) is 6.41. The monoisotopic (exact) mass is 285 g/mol. The zero-order valence-electron chi connectivity index (χ0n) is 12.5. The molecule has 1 aliphatic rings. The van der Waals surface area contributed by atoms with Crippen LogP contribution in [0.1, 0.15) is 31.7 Å². The highest BCUT2D eigenvalue weighted by molar-refractivity contribution is 5.30. The van der Waals surface area contributed by atoms with Crippen molar-refractivity contribution in [1.29, 1.82) is 0 Å². The molecule has 21 heavy (non-hydrogen) atoms. The van der Waals surface area contributed by atoms with E-state index in [4.69, 9.17) is 0 Å². The largest absolute Gasteiger partial charge is 0.392 e. The van der Waals surface area contributed by atoms with Crippen LogP contribution in [0.25, 0.3) is 5.69 Å². The molecule has 2 heterocycles. The molecule has 0 aliphatic carbocycles. The summed E-state index contributed by atoms with van der Waals surface area (Å²) in [6.07, 6.45) is 7.27. The molecule has 0 unspecified atom stereocenters. The van der Waals surface area contributed by atoms with Crippen LogP contribution in [-0.4, -0.2) is 38.5 Å². The summed E-state index contributed by atoms with van der Waals surface area (Å²) in [5.74, 6) is 0. The first kappa shape index (κ1) is 14.3. The van der Waals surface area contributed by atoms with Gasteiger partial charge in [-0.2, -0.15) is 5.10 Å². The van der Waals surface area contributed by atoms with Crippen molar-refractivity contribution < 1.29 is 5.11 Å². The van der Waals surface area contributed by atoms with E-state index in [0.717, 1.165) is 25.2 Å². The number of likely N-dealkylation sites (tertiary alicyclic amines) is 1. The highest BCUT2D eigenvalue weighted by Crippen LogP contribution is 2.22. The van der Waals surface area contributed by atoms with Gasteiger partial charge in [0, 0.05) is 24.3 Å². The second-order valence-corrected chi connectivity index (χ2v) is 5.90. The van der Waals surface area contributed by atoms with Gasteiger partial charge in [-0.25, -0.2) is 4.68 Å². The first-order chi connectivity index (χ1) is 10.2. The maximum atomic E-state index is 9.95. The molecule has 3 rings (SSSR count). The average molecular weight is 285 g/mol. The molecule has 1 aromatic carbocycles. The molecular formula is C17H23N3O. The fraction of sp³-hybridized carbons (Fsp3) is 0.471. The van der Waals surface area contributed by atoms with Crippen molar-refractivity contribution in [1.82, 2.24) is 14.7 Å². The normalized spacial score (nSPS) is 21.3. The molecule has 1 saturated heterocycles. The van der Waals surface area contributed by atoms with E-state index in [-0.39, 0.29) is 12.1 Å². The molecular weight excluding hydrogens is 262 g/mol. The lowest BCUT2D eigenvalue weighted by molar-refractivity contribution is 0.0317. The Morgan fingerprint density at radius 1 is 1.29 bits per heavy atom. The number of piperidine rings is 1. The molecule has 2 aromatic rings. The fourth-order valence-corrected chi connectivity index (χ4v) is 3.16. The van der Waals surface area contributed by atoms with Gasteiger partial charge in [0.2, 0.25) is 0 Å². The van der Waals surface area contributed by atoms with Crippen molar-refractivity contribution >= 4 is 0 Å². The zero-order chi connectivity index (χ0) is 14.7. The molecule has 4 heteroatoms. The Balaban J connectivity index is 1.72. The van der Waals surface area contributed by atoms with Crippen LogP contribution in [0.4, 0.5) is 0 Å². The van der Waals surface area contributed by atoms with Gasteiger partial charge in [-0.3, -0.25) is 4.90 Å². The van der Waals surface area contributed by atoms with Gasteiger partial charge in [0.15, 0.2) is 0 Å². The maximum Gasteiger partial charge on any atom is 0.0667 e. The summed E-state index contributed by atoms with van der Waals surface area (Å²) in [5.41, 5.74) is 2.28. The topological polar surface area (TPSA) is 41.3 Å². The van der Waals surface area contributed by atoms with Crippen LogP contribution in [0, 0.1) is 0 Å². The van der Waals surface area contributed by atoms with E-state index >= 15 is 0 Å². The average Bonchev–Trinajstić information content (AvgIpc) is 2.97. The van der Waals surface area contributed by atoms with Crippen molar-refractivity contribution in [2.45, 2.75) is 44.9 Å². The molecule has 1 N–H and O–H groups in total. The molecule has 1 aliphatic heterocycles. The predicted octanol–water partition coefficient (Wildman–Crippen LogP) is 2.61. The maximum absolute atomic E-state index is 9.95. The fourth-order valence-electron chi connectivity index (χ4n) is 3.16. The molecule has 112 valence electrons. The summed E-state index contributed by atoms with van der Waals surface area (Å²) < 4.78 is 1.91. The van der Waals surface area contributed by atoms with E-state index in [9.17, 15) is 5.11 Å². The second-order valence-electron chi connectivity index (χ2n) is 5.90. The number of hydrogen-bond acceptors (Lipinski definition) is 3. The minimum absolute atomic E-state index is 0.269. The predicted molar refractivity (Wildman–Crippen MR) is 83.3 cm³/mol. The van der Waals surface area contributed by atoms with Crippen molar-refractivity contribution in [3.8, 4) is 5.69 Å². The number of nitrogens with zero attached hydrogens (tertiary/aromatic N) is 3. The van der Waals surface area contributed by atoms with Gasteiger partial charge in [0.1, 0.15) is 0 Å². The van der Waals surface area contributed by atoms with Crippen LogP contribution in [0.2, 0.25) is 0 Å². The molecule has 0 saturated carbocycles. The summed E-state index contributed by atoms with van der Waals surface area (Å²) in [7, 11) is 0. The molecule has 0 spiro atoms. The van der Waals surface area contributed by atoms with Crippen LogP contribution in [0.3, 0.4) is 0 Å². The van der Waals surface area contributed by atoms with E-state index in [1.165, 1.54) is 18.4 Å². The Kier molecular flexibility index (Phi) is 4.36. The lowest BCUT2D eigenvalue weighted by atomic mass is 9.98. The number of aliphatic hydroxyl groups is 1. The Morgan fingerprint density at radius 2 is 2.10 bits per heavy atom. The Hall–Kier alpha value is -1.65. The highest BCUT2D eigenvalue weighted by atomic mass is 16.3. The van der Waals surface area contributed by atoms with Gasteiger partial charge in [0.25, 0.3) is 0 Å². The zero-order valence-corrected chi connectivity index (χ0v) is 12.5. The minimum Gasteiger partial charge on any atom is -0.392 e. The van der Waals surface area contributed by atoms with E-state index in [0.29, 0.717) is 0 Å². The third-order valence-corrected chi connectivity index (χ3v) is 4.26. The number of rotatable bonds is 4. The standard InChI is InChI=1S/C17H23N3O/c1-14(21)17-9-5-6-10-19(17)12-15-11-18-20(13-15)16-7-3-2-4-8-16/h2-4,7-8,11,13-14,17,21H,5-6,9-10,12H2,1H3/t14-,17-/m0/s1. The van der Waals surface area contributed by atoms with E-state index in [1.54, 1.807) is 0 Å². The third kappa shape index (κ3) is 3.34. The molecule has 0 bridgehead atoms. The molecule has 1 aromatic heterocycles. The summed E-state index contributed by atoms with van der Waals surface area (Å²) >= 11 is 0. The molecule has 1 fully saturated rings. The summed E-state index contributed by atoms with van der Waals surface area (Å²) in [6.45, 7) is 3.82. The quantitative estimate of drug-likeness (QED) is 0.939. The summed E-state index contributed by atoms with van der Waals surface area (Å²) in [6, 6.07) is 10.4. The Bertz CT molecular complexity index is 564. The molecule has 0 amide bonds. The SMILES string of the molecule is C[C@H](O)[C@@H]1CCCCN1Cc1cnn(-c2ccccc2)c1. The third-order valence-electron chi connectivity index (χ3n) is 4.26. The molecule has 0 radical (unpaired) electrons. The van der Waals surface area contributed by atoms with Crippen LogP contribution < -0.4 is 0 Å². The Labute approximate surface area is 126 Å². The number of aliphatic hydroxyl groups excluding tert-OH is 1. The first-order valence-corrected chi connectivity index (χ1v) is 7.75. The van der Waals surface area contributed by atoms with Crippen molar-refractivity contribution in [3.63, 3.8) is 0 Å². The summed E-state index contributed by atoms with van der Waals surface area (Å²) in [4.78, 5) is 2.39. The number of para-hydroxylation sites is 1. The number of benzene rings is 1. The van der Waals surface area contributed by atoms with Gasteiger partial charge >= 0.3 is 0 Å². The lowest BCUT2D eigenvalue weighted by Gasteiger charge is -2.37. The van der Waals surface area contributed by atoms with Crippen LogP contribution in [-0.2, 0) is 6.54 Å². The van der Waals surface area contributed by atoms with Gasteiger partial charge in [-0.1, -0.05) is 24.6 Å².